The lowest BCUT2D eigenvalue weighted by molar-refractivity contribution is -0.120. The van der Waals surface area contributed by atoms with E-state index >= 15 is 0 Å². The first-order chi connectivity index (χ1) is 15.2. The van der Waals surface area contributed by atoms with E-state index in [1.165, 1.54) is 32.0 Å². The summed E-state index contributed by atoms with van der Waals surface area (Å²) in [6, 6.07) is 19.3. The van der Waals surface area contributed by atoms with Crippen molar-refractivity contribution in [2.75, 3.05) is 24.5 Å². The Labute approximate surface area is 189 Å². The lowest BCUT2D eigenvalue weighted by atomic mass is 9.91. The van der Waals surface area contributed by atoms with E-state index < -0.39 is 0 Å². The molecule has 1 aromatic heterocycles. The predicted molar refractivity (Wildman–Crippen MR) is 129 cm³/mol. The van der Waals surface area contributed by atoms with Crippen LogP contribution in [0.1, 0.15) is 51.4 Å². The highest BCUT2D eigenvalue weighted by Gasteiger charge is 2.34. The largest absolute Gasteiger partial charge is 0.311 e. The quantitative estimate of drug-likeness (QED) is 0.542. The average Bonchev–Trinajstić information content (AvgIpc) is 3.13. The third-order valence-corrected chi connectivity index (χ3v) is 8.07. The number of nitrogens with zero attached hydrogens (tertiary/aromatic N) is 2. The number of para-hydroxylation sites is 1. The number of hydrogen-bond acceptors (Lipinski definition) is 3. The Morgan fingerprint density at radius 3 is 2.61 bits per heavy atom. The minimum atomic E-state index is 0.165. The van der Waals surface area contributed by atoms with Gasteiger partial charge >= 0.3 is 0 Å². The molecule has 3 nitrogen and oxygen atoms in total. The summed E-state index contributed by atoms with van der Waals surface area (Å²) in [5.74, 6) is 0.223. The van der Waals surface area contributed by atoms with E-state index in [-0.39, 0.29) is 11.9 Å². The second-order valence-corrected chi connectivity index (χ2v) is 9.90. The number of fused-ring (bicyclic) bond motifs is 2. The summed E-state index contributed by atoms with van der Waals surface area (Å²) < 4.78 is 0. The van der Waals surface area contributed by atoms with Crippen LogP contribution in [0.25, 0.3) is 0 Å². The lowest BCUT2D eigenvalue weighted by Crippen LogP contribution is -2.46. The first kappa shape index (κ1) is 20.5. The van der Waals surface area contributed by atoms with Crippen molar-refractivity contribution in [3.05, 3.63) is 86.6 Å². The monoisotopic (exact) mass is 430 g/mol. The van der Waals surface area contributed by atoms with E-state index in [1.54, 1.807) is 0 Å². The van der Waals surface area contributed by atoms with Crippen LogP contribution in [0.2, 0.25) is 0 Å². The van der Waals surface area contributed by atoms with Gasteiger partial charge in [0.2, 0.25) is 5.91 Å². The smallest absolute Gasteiger partial charge is 0.241 e. The van der Waals surface area contributed by atoms with Crippen molar-refractivity contribution >= 4 is 22.9 Å². The SMILES string of the molecule is CCc1c(C)sc2c1CCN(CC(=O)N1CCCc3ccccc31)[C@@H]2c1ccccc1. The maximum atomic E-state index is 13.5. The Balaban J connectivity index is 1.48. The maximum Gasteiger partial charge on any atom is 0.241 e. The van der Waals surface area contributed by atoms with Crippen molar-refractivity contribution in [2.45, 2.75) is 45.6 Å². The number of carbonyl (C=O) groups excluding carboxylic acids is 1. The third kappa shape index (κ3) is 3.72. The Hall–Kier alpha value is -2.43. The summed E-state index contributed by atoms with van der Waals surface area (Å²) in [4.78, 5) is 20.8. The first-order valence-electron chi connectivity index (χ1n) is 11.5. The zero-order chi connectivity index (χ0) is 21.4. The fourth-order valence-electron chi connectivity index (χ4n) is 5.38. The van der Waals surface area contributed by atoms with Crippen molar-refractivity contribution in [3.8, 4) is 0 Å². The summed E-state index contributed by atoms with van der Waals surface area (Å²) in [5, 5.41) is 0. The van der Waals surface area contributed by atoms with E-state index in [4.69, 9.17) is 0 Å². The highest BCUT2D eigenvalue weighted by molar-refractivity contribution is 7.12. The molecule has 2 aromatic carbocycles. The number of hydrogen-bond donors (Lipinski definition) is 0. The van der Waals surface area contributed by atoms with Gasteiger partial charge in [0.05, 0.1) is 12.6 Å². The minimum absolute atomic E-state index is 0.165. The molecule has 3 aromatic rings. The van der Waals surface area contributed by atoms with Crippen LogP contribution in [-0.4, -0.2) is 30.4 Å². The average molecular weight is 431 g/mol. The molecular formula is C27H30N2OS. The van der Waals surface area contributed by atoms with Gasteiger partial charge < -0.3 is 4.90 Å². The number of carbonyl (C=O) groups is 1. The van der Waals surface area contributed by atoms with Crippen molar-refractivity contribution < 1.29 is 4.79 Å². The van der Waals surface area contributed by atoms with Crippen molar-refractivity contribution in [3.63, 3.8) is 0 Å². The van der Waals surface area contributed by atoms with Crippen LogP contribution in [0.15, 0.2) is 54.6 Å². The third-order valence-electron chi connectivity index (χ3n) is 6.83. The van der Waals surface area contributed by atoms with Crippen molar-refractivity contribution in [2.24, 2.45) is 0 Å². The molecule has 0 saturated heterocycles. The Kier molecular flexibility index (Phi) is 5.68. The summed E-state index contributed by atoms with van der Waals surface area (Å²) in [6.45, 7) is 6.73. The Morgan fingerprint density at radius 2 is 1.81 bits per heavy atom. The molecule has 0 aliphatic carbocycles. The molecular weight excluding hydrogens is 400 g/mol. The van der Waals surface area contributed by atoms with Gasteiger partial charge in [0.25, 0.3) is 0 Å². The number of rotatable bonds is 4. The van der Waals surface area contributed by atoms with Gasteiger partial charge in [0.1, 0.15) is 0 Å². The van der Waals surface area contributed by atoms with Gasteiger partial charge in [-0.05, 0) is 60.9 Å². The number of anilines is 1. The second kappa shape index (κ2) is 8.60. The van der Waals surface area contributed by atoms with E-state index in [2.05, 4.69) is 67.3 Å². The molecule has 0 spiro atoms. The van der Waals surface area contributed by atoms with Gasteiger partial charge in [-0.1, -0.05) is 55.5 Å². The first-order valence-corrected chi connectivity index (χ1v) is 12.3. The van der Waals surface area contributed by atoms with Crippen LogP contribution >= 0.6 is 11.3 Å². The number of aryl methyl sites for hydroxylation is 2. The molecule has 0 saturated carbocycles. The van der Waals surface area contributed by atoms with Crippen molar-refractivity contribution in [1.29, 1.82) is 0 Å². The van der Waals surface area contributed by atoms with E-state index in [1.807, 2.05) is 22.3 Å². The van der Waals surface area contributed by atoms with Crippen LogP contribution in [0.4, 0.5) is 5.69 Å². The fraction of sp³-hybridized carbons (Fsp3) is 0.370. The fourth-order valence-corrected chi connectivity index (χ4v) is 6.84. The zero-order valence-electron chi connectivity index (χ0n) is 18.4. The van der Waals surface area contributed by atoms with E-state index in [0.717, 1.165) is 44.5 Å². The van der Waals surface area contributed by atoms with Gasteiger partial charge in [0, 0.05) is 28.5 Å². The van der Waals surface area contributed by atoms with Gasteiger partial charge in [-0.25, -0.2) is 0 Å². The number of benzene rings is 2. The van der Waals surface area contributed by atoms with Crippen LogP contribution in [0, 0.1) is 6.92 Å². The molecule has 2 aliphatic heterocycles. The molecule has 0 radical (unpaired) electrons. The second-order valence-electron chi connectivity index (χ2n) is 8.64. The summed E-state index contributed by atoms with van der Waals surface area (Å²) in [5.41, 5.74) is 6.75. The minimum Gasteiger partial charge on any atom is -0.311 e. The van der Waals surface area contributed by atoms with Crippen LogP contribution in [0.5, 0.6) is 0 Å². The highest BCUT2D eigenvalue weighted by atomic mass is 32.1. The molecule has 1 amide bonds. The van der Waals surface area contributed by atoms with Crippen molar-refractivity contribution in [1.82, 2.24) is 4.90 Å². The molecule has 2 aliphatic rings. The normalized spacial score (nSPS) is 18.5. The summed E-state index contributed by atoms with van der Waals surface area (Å²) >= 11 is 1.93. The molecule has 5 rings (SSSR count). The van der Waals surface area contributed by atoms with E-state index in [9.17, 15) is 4.79 Å². The molecule has 3 heterocycles. The molecule has 160 valence electrons. The van der Waals surface area contributed by atoms with Gasteiger partial charge in [-0.3, -0.25) is 9.69 Å². The zero-order valence-corrected chi connectivity index (χ0v) is 19.3. The lowest BCUT2D eigenvalue weighted by Gasteiger charge is -2.38. The highest BCUT2D eigenvalue weighted by Crippen LogP contribution is 2.42. The Morgan fingerprint density at radius 1 is 1.03 bits per heavy atom. The maximum absolute atomic E-state index is 13.5. The summed E-state index contributed by atoms with van der Waals surface area (Å²) in [7, 11) is 0. The number of thiophene rings is 1. The van der Waals surface area contributed by atoms with Gasteiger partial charge in [0.15, 0.2) is 0 Å². The molecule has 0 bridgehead atoms. The molecule has 0 fully saturated rings. The molecule has 1 atom stereocenters. The molecule has 31 heavy (non-hydrogen) atoms. The number of amides is 1. The standard InChI is InChI=1S/C27H30N2OS/c1-3-22-19(2)31-27-23(22)15-17-28(26(27)21-11-5-4-6-12-21)18-25(30)29-16-9-13-20-10-7-8-14-24(20)29/h4-8,10-12,14,26H,3,9,13,15-18H2,1-2H3/t26-/m1/s1. The van der Waals surface area contributed by atoms with E-state index in [0.29, 0.717) is 6.54 Å². The topological polar surface area (TPSA) is 23.6 Å². The molecule has 0 unspecified atom stereocenters. The Bertz CT molecular complexity index is 1090. The van der Waals surface area contributed by atoms with Crippen LogP contribution in [-0.2, 0) is 24.1 Å². The van der Waals surface area contributed by atoms with Gasteiger partial charge in [-0.2, -0.15) is 0 Å². The molecule has 4 heteroatoms. The predicted octanol–water partition coefficient (Wildman–Crippen LogP) is 5.55. The molecule has 0 N–H and O–H groups in total. The summed E-state index contributed by atoms with van der Waals surface area (Å²) in [6.07, 6.45) is 4.23. The van der Waals surface area contributed by atoms with Crippen LogP contribution < -0.4 is 4.90 Å². The van der Waals surface area contributed by atoms with Gasteiger partial charge in [-0.15, -0.1) is 11.3 Å². The van der Waals surface area contributed by atoms with Crippen LogP contribution in [0.3, 0.4) is 0 Å².